The van der Waals surface area contributed by atoms with E-state index >= 15 is 0 Å². The average Bonchev–Trinajstić information content (AvgIpc) is 3.08. The van der Waals surface area contributed by atoms with Crippen LogP contribution in [0.3, 0.4) is 0 Å². The molecular weight excluding hydrogens is 343 g/mol. The Hall–Kier alpha value is -3.02. The summed E-state index contributed by atoms with van der Waals surface area (Å²) in [5.41, 5.74) is 1.55. The first-order valence-electron chi connectivity index (χ1n) is 8.03. The molecule has 0 aliphatic heterocycles. The van der Waals surface area contributed by atoms with Gasteiger partial charge in [0.15, 0.2) is 0 Å². The Morgan fingerprint density at radius 3 is 2.35 bits per heavy atom. The third-order valence-electron chi connectivity index (χ3n) is 3.88. The summed E-state index contributed by atoms with van der Waals surface area (Å²) in [5, 5.41) is 0. The van der Waals surface area contributed by atoms with E-state index in [0.717, 1.165) is 17.7 Å². The molecule has 3 aromatic rings. The molecule has 3 rings (SSSR count). The molecule has 1 aromatic heterocycles. The fraction of sp³-hybridized carbons (Fsp3) is 0.150. The SMILES string of the molecule is CCOC(=O)c1cc(-c2cccc(C(F)(F)F)c2)[nH]c1-c1ccccc1. The van der Waals surface area contributed by atoms with E-state index in [2.05, 4.69) is 4.98 Å². The molecule has 0 spiro atoms. The molecule has 1 heterocycles. The molecule has 6 heteroatoms. The predicted octanol–water partition coefficient (Wildman–Crippen LogP) is 5.54. The highest BCUT2D eigenvalue weighted by Gasteiger charge is 2.30. The van der Waals surface area contributed by atoms with Crippen LogP contribution in [0.5, 0.6) is 0 Å². The van der Waals surface area contributed by atoms with Crippen LogP contribution in [-0.4, -0.2) is 17.6 Å². The summed E-state index contributed by atoms with van der Waals surface area (Å²) in [6.45, 7) is 1.90. The topological polar surface area (TPSA) is 42.1 Å². The summed E-state index contributed by atoms with van der Waals surface area (Å²) < 4.78 is 44.0. The zero-order valence-corrected chi connectivity index (χ0v) is 13.9. The van der Waals surface area contributed by atoms with Crippen LogP contribution in [-0.2, 0) is 10.9 Å². The fourth-order valence-electron chi connectivity index (χ4n) is 2.68. The second kappa shape index (κ2) is 7.07. The molecular formula is C20H16F3NO2. The first-order valence-corrected chi connectivity index (χ1v) is 8.03. The highest BCUT2D eigenvalue weighted by molar-refractivity contribution is 5.98. The molecule has 0 unspecified atom stereocenters. The number of aromatic nitrogens is 1. The molecule has 0 aliphatic rings. The van der Waals surface area contributed by atoms with Gasteiger partial charge in [-0.15, -0.1) is 0 Å². The molecule has 0 atom stereocenters. The molecule has 1 N–H and O–H groups in total. The van der Waals surface area contributed by atoms with E-state index in [1.807, 2.05) is 30.3 Å². The molecule has 0 radical (unpaired) electrons. The minimum Gasteiger partial charge on any atom is -0.462 e. The molecule has 0 aliphatic carbocycles. The Balaban J connectivity index is 2.11. The van der Waals surface area contributed by atoms with Crippen molar-refractivity contribution >= 4 is 5.97 Å². The zero-order valence-electron chi connectivity index (χ0n) is 13.9. The van der Waals surface area contributed by atoms with E-state index in [4.69, 9.17) is 4.74 Å². The van der Waals surface area contributed by atoms with Gasteiger partial charge in [0.05, 0.1) is 23.4 Å². The van der Waals surface area contributed by atoms with Crippen LogP contribution in [0.4, 0.5) is 13.2 Å². The van der Waals surface area contributed by atoms with Crippen molar-refractivity contribution in [2.75, 3.05) is 6.61 Å². The van der Waals surface area contributed by atoms with Gasteiger partial charge in [-0.2, -0.15) is 13.2 Å². The van der Waals surface area contributed by atoms with Crippen molar-refractivity contribution in [1.82, 2.24) is 4.98 Å². The summed E-state index contributed by atoms with van der Waals surface area (Å²) in [5.74, 6) is -0.527. The van der Waals surface area contributed by atoms with Gasteiger partial charge in [0, 0.05) is 5.69 Å². The Labute approximate surface area is 148 Å². The molecule has 0 bridgehead atoms. The van der Waals surface area contributed by atoms with Crippen molar-refractivity contribution in [2.45, 2.75) is 13.1 Å². The molecule has 134 valence electrons. The van der Waals surface area contributed by atoms with Gasteiger partial charge in [-0.3, -0.25) is 0 Å². The molecule has 0 amide bonds. The second-order valence-corrected chi connectivity index (χ2v) is 5.64. The predicted molar refractivity (Wildman–Crippen MR) is 92.6 cm³/mol. The lowest BCUT2D eigenvalue weighted by Crippen LogP contribution is -2.04. The Morgan fingerprint density at radius 1 is 1.00 bits per heavy atom. The number of hydrogen-bond acceptors (Lipinski definition) is 2. The minimum atomic E-state index is -4.44. The van der Waals surface area contributed by atoms with Crippen LogP contribution in [0.2, 0.25) is 0 Å². The van der Waals surface area contributed by atoms with Crippen LogP contribution >= 0.6 is 0 Å². The summed E-state index contributed by atoms with van der Waals surface area (Å²) in [4.78, 5) is 15.4. The van der Waals surface area contributed by atoms with Crippen LogP contribution < -0.4 is 0 Å². The first-order chi connectivity index (χ1) is 12.4. The number of carbonyl (C=O) groups is 1. The summed E-state index contributed by atoms with van der Waals surface area (Å²) >= 11 is 0. The lowest BCUT2D eigenvalue weighted by Gasteiger charge is -2.07. The van der Waals surface area contributed by atoms with Crippen molar-refractivity contribution < 1.29 is 22.7 Å². The van der Waals surface area contributed by atoms with E-state index in [0.29, 0.717) is 17.0 Å². The molecule has 3 nitrogen and oxygen atoms in total. The van der Waals surface area contributed by atoms with Crippen LogP contribution in [0.15, 0.2) is 60.7 Å². The quantitative estimate of drug-likeness (QED) is 0.621. The summed E-state index contributed by atoms with van der Waals surface area (Å²) in [6.07, 6.45) is -4.44. The maximum absolute atomic E-state index is 13.0. The fourth-order valence-corrected chi connectivity index (χ4v) is 2.68. The molecule has 0 saturated heterocycles. The normalized spacial score (nSPS) is 11.4. The number of esters is 1. The van der Waals surface area contributed by atoms with Crippen molar-refractivity contribution in [2.24, 2.45) is 0 Å². The van der Waals surface area contributed by atoms with Gasteiger partial charge in [-0.25, -0.2) is 4.79 Å². The van der Waals surface area contributed by atoms with Crippen molar-refractivity contribution in [3.8, 4) is 22.5 Å². The van der Waals surface area contributed by atoms with E-state index < -0.39 is 17.7 Å². The number of hydrogen-bond donors (Lipinski definition) is 1. The number of alkyl halides is 3. The minimum absolute atomic E-state index is 0.205. The van der Waals surface area contributed by atoms with Crippen LogP contribution in [0, 0.1) is 0 Å². The smallest absolute Gasteiger partial charge is 0.416 e. The van der Waals surface area contributed by atoms with Crippen LogP contribution in [0.25, 0.3) is 22.5 Å². The Kier molecular flexibility index (Phi) is 4.84. The number of benzene rings is 2. The van der Waals surface area contributed by atoms with E-state index in [1.54, 1.807) is 13.0 Å². The van der Waals surface area contributed by atoms with Gasteiger partial charge in [0.2, 0.25) is 0 Å². The largest absolute Gasteiger partial charge is 0.462 e. The lowest BCUT2D eigenvalue weighted by atomic mass is 10.1. The highest BCUT2D eigenvalue weighted by Crippen LogP contribution is 2.34. The van der Waals surface area contributed by atoms with Gasteiger partial charge in [0.1, 0.15) is 0 Å². The maximum atomic E-state index is 13.0. The maximum Gasteiger partial charge on any atom is 0.416 e. The first kappa shape index (κ1) is 17.8. The third-order valence-corrected chi connectivity index (χ3v) is 3.88. The number of H-pyrrole nitrogens is 1. The Bertz CT molecular complexity index is 914. The summed E-state index contributed by atoms with van der Waals surface area (Å²) in [6, 6.07) is 15.6. The number of halogens is 3. The standard InChI is InChI=1S/C20H16F3NO2/c1-2-26-19(25)16-12-17(24-18(16)13-7-4-3-5-8-13)14-9-6-10-15(11-14)20(21,22)23/h3-12,24H,2H2,1H3. The number of ether oxygens (including phenoxy) is 1. The van der Waals surface area contributed by atoms with Gasteiger partial charge >= 0.3 is 12.1 Å². The molecule has 2 aromatic carbocycles. The molecule has 26 heavy (non-hydrogen) atoms. The molecule has 0 fully saturated rings. The van der Waals surface area contributed by atoms with Crippen molar-refractivity contribution in [3.63, 3.8) is 0 Å². The average molecular weight is 359 g/mol. The van der Waals surface area contributed by atoms with Gasteiger partial charge in [0.25, 0.3) is 0 Å². The zero-order chi connectivity index (χ0) is 18.7. The highest BCUT2D eigenvalue weighted by atomic mass is 19.4. The van der Waals surface area contributed by atoms with Crippen molar-refractivity contribution in [3.05, 3.63) is 71.8 Å². The van der Waals surface area contributed by atoms with Gasteiger partial charge in [-0.1, -0.05) is 42.5 Å². The monoisotopic (exact) mass is 359 g/mol. The van der Waals surface area contributed by atoms with Gasteiger partial charge < -0.3 is 9.72 Å². The third kappa shape index (κ3) is 3.64. The Morgan fingerprint density at radius 2 is 1.69 bits per heavy atom. The van der Waals surface area contributed by atoms with E-state index in [9.17, 15) is 18.0 Å². The number of rotatable bonds is 4. The summed E-state index contributed by atoms with van der Waals surface area (Å²) in [7, 11) is 0. The molecule has 0 saturated carbocycles. The van der Waals surface area contributed by atoms with Gasteiger partial charge in [-0.05, 0) is 36.2 Å². The van der Waals surface area contributed by atoms with E-state index in [-0.39, 0.29) is 12.2 Å². The van der Waals surface area contributed by atoms with Crippen LogP contribution in [0.1, 0.15) is 22.8 Å². The number of aromatic amines is 1. The lowest BCUT2D eigenvalue weighted by molar-refractivity contribution is -0.137. The van der Waals surface area contributed by atoms with Crippen molar-refractivity contribution in [1.29, 1.82) is 0 Å². The number of carbonyl (C=O) groups excluding carboxylic acids is 1. The number of nitrogens with one attached hydrogen (secondary N) is 1. The second-order valence-electron chi connectivity index (χ2n) is 5.64. The van der Waals surface area contributed by atoms with E-state index in [1.165, 1.54) is 12.1 Å².